The molecule has 8 heteroatoms. The predicted molar refractivity (Wildman–Crippen MR) is 107 cm³/mol. The van der Waals surface area contributed by atoms with E-state index < -0.39 is 5.91 Å². The molecule has 138 valence electrons. The van der Waals surface area contributed by atoms with E-state index in [-0.39, 0.29) is 12.4 Å². The number of hydrogen-bond donors (Lipinski definition) is 2. The lowest BCUT2D eigenvalue weighted by Gasteiger charge is -2.11. The first-order valence-electron chi connectivity index (χ1n) is 7.59. The number of ether oxygens (including phenoxy) is 2. The second kappa shape index (κ2) is 9.05. The fourth-order valence-corrected chi connectivity index (χ4v) is 3.51. The van der Waals surface area contributed by atoms with Crippen LogP contribution in [0.3, 0.4) is 0 Å². The van der Waals surface area contributed by atoms with Gasteiger partial charge in [-0.3, -0.25) is 4.79 Å². The molecule has 2 aromatic rings. The average Bonchev–Trinajstić information content (AvgIpc) is 2.56. The van der Waals surface area contributed by atoms with Crippen molar-refractivity contribution in [3.8, 4) is 17.2 Å². The van der Waals surface area contributed by atoms with Crippen LogP contribution in [0, 0.1) is 13.8 Å². The lowest BCUT2D eigenvalue weighted by atomic mass is 10.1. The highest BCUT2D eigenvalue weighted by Gasteiger charge is 2.10. The van der Waals surface area contributed by atoms with E-state index in [1.807, 2.05) is 26.0 Å². The first kappa shape index (κ1) is 20.3. The van der Waals surface area contributed by atoms with E-state index in [9.17, 15) is 9.90 Å². The van der Waals surface area contributed by atoms with Gasteiger partial charge in [0.05, 0.1) is 22.3 Å². The van der Waals surface area contributed by atoms with Crippen LogP contribution < -0.4 is 14.9 Å². The Balaban J connectivity index is 1.95. The van der Waals surface area contributed by atoms with Crippen molar-refractivity contribution in [1.82, 2.24) is 5.43 Å². The highest BCUT2D eigenvalue weighted by atomic mass is 79.9. The van der Waals surface area contributed by atoms with Crippen LogP contribution in [0.15, 0.2) is 38.3 Å². The highest BCUT2D eigenvalue weighted by Crippen LogP contribution is 2.34. The van der Waals surface area contributed by atoms with E-state index >= 15 is 0 Å². The molecule has 2 rings (SSSR count). The summed E-state index contributed by atoms with van der Waals surface area (Å²) >= 11 is 6.66. The molecule has 6 nitrogen and oxygen atoms in total. The molecule has 0 unspecified atom stereocenters. The predicted octanol–water partition coefficient (Wildman–Crippen LogP) is 4.07. The number of methoxy groups -OCH3 is 1. The third-order valence-electron chi connectivity index (χ3n) is 3.39. The maximum Gasteiger partial charge on any atom is 0.277 e. The molecule has 0 spiro atoms. The molecule has 0 saturated heterocycles. The Morgan fingerprint density at radius 2 is 1.96 bits per heavy atom. The number of carbonyl (C=O) groups is 1. The summed E-state index contributed by atoms with van der Waals surface area (Å²) in [6.45, 7) is 3.74. The standard InChI is InChI=1S/C18H18Br2N2O4/c1-10-4-11(2)18(14(20)5-10)26-9-16(23)22-21-8-12-6-13(19)17(24)15(7-12)25-3/h4-8,24H,9H2,1-3H3,(H,22,23)/b21-8-. The van der Waals surface area contributed by atoms with E-state index in [0.717, 1.165) is 15.6 Å². The molecule has 0 saturated carbocycles. The molecule has 0 aromatic heterocycles. The van der Waals surface area contributed by atoms with Crippen molar-refractivity contribution in [2.45, 2.75) is 13.8 Å². The SMILES string of the molecule is COc1cc(/C=N\NC(=O)COc2c(C)cc(C)cc2Br)cc(Br)c1O. The number of phenols is 1. The number of amides is 1. The molecule has 26 heavy (non-hydrogen) atoms. The monoisotopic (exact) mass is 484 g/mol. The molecule has 1 amide bonds. The lowest BCUT2D eigenvalue weighted by molar-refractivity contribution is -0.123. The summed E-state index contributed by atoms with van der Waals surface area (Å²) in [6.07, 6.45) is 1.44. The van der Waals surface area contributed by atoms with Gasteiger partial charge in [0.2, 0.25) is 0 Å². The number of hydrogen-bond acceptors (Lipinski definition) is 5. The maximum absolute atomic E-state index is 11.9. The number of nitrogens with one attached hydrogen (secondary N) is 1. The van der Waals surface area contributed by atoms with E-state index in [1.165, 1.54) is 13.3 Å². The molecule has 0 aliphatic carbocycles. The molecule has 0 fully saturated rings. The number of nitrogens with zero attached hydrogens (tertiary/aromatic N) is 1. The summed E-state index contributed by atoms with van der Waals surface area (Å²) in [5.41, 5.74) is 5.08. The van der Waals surface area contributed by atoms with Gasteiger partial charge in [0.25, 0.3) is 5.91 Å². The van der Waals surface area contributed by atoms with Crippen molar-refractivity contribution >= 4 is 44.0 Å². The van der Waals surface area contributed by atoms with Crippen LogP contribution in [-0.4, -0.2) is 30.9 Å². The first-order valence-corrected chi connectivity index (χ1v) is 9.18. The van der Waals surface area contributed by atoms with Crippen LogP contribution in [0.25, 0.3) is 0 Å². The van der Waals surface area contributed by atoms with Gasteiger partial charge >= 0.3 is 0 Å². The smallest absolute Gasteiger partial charge is 0.277 e. The zero-order valence-electron chi connectivity index (χ0n) is 14.5. The largest absolute Gasteiger partial charge is 0.503 e. The van der Waals surface area contributed by atoms with Gasteiger partial charge in [0, 0.05) is 0 Å². The van der Waals surface area contributed by atoms with Crippen molar-refractivity contribution < 1.29 is 19.4 Å². The van der Waals surface area contributed by atoms with Gasteiger partial charge in [-0.1, -0.05) is 6.07 Å². The molecule has 0 atom stereocenters. The van der Waals surface area contributed by atoms with Gasteiger partial charge in [-0.05, 0) is 80.6 Å². The second-order valence-electron chi connectivity index (χ2n) is 5.53. The third kappa shape index (κ3) is 5.22. The zero-order chi connectivity index (χ0) is 19.3. The van der Waals surface area contributed by atoms with Crippen LogP contribution in [0.5, 0.6) is 17.2 Å². The normalized spacial score (nSPS) is 10.8. The summed E-state index contributed by atoms with van der Waals surface area (Å²) in [4.78, 5) is 11.9. The van der Waals surface area contributed by atoms with Crippen molar-refractivity contribution in [3.05, 3.63) is 49.9 Å². The number of aryl methyl sites for hydroxylation is 2. The quantitative estimate of drug-likeness (QED) is 0.477. The van der Waals surface area contributed by atoms with Gasteiger partial charge in [-0.2, -0.15) is 5.10 Å². The average molecular weight is 486 g/mol. The van der Waals surface area contributed by atoms with Crippen molar-refractivity contribution in [2.75, 3.05) is 13.7 Å². The number of benzene rings is 2. The molecule has 0 bridgehead atoms. The Labute approximate surface area is 168 Å². The van der Waals surface area contributed by atoms with Gasteiger partial charge < -0.3 is 14.6 Å². The minimum absolute atomic E-state index is 0.00105. The second-order valence-corrected chi connectivity index (χ2v) is 7.24. The minimum Gasteiger partial charge on any atom is -0.503 e. The van der Waals surface area contributed by atoms with Gasteiger partial charge in [-0.25, -0.2) is 5.43 Å². The number of aromatic hydroxyl groups is 1. The van der Waals surface area contributed by atoms with Crippen LogP contribution >= 0.6 is 31.9 Å². The van der Waals surface area contributed by atoms with Crippen LogP contribution in [0.1, 0.15) is 16.7 Å². The molecule has 0 aliphatic rings. The molecule has 2 N–H and O–H groups in total. The Hall–Kier alpha value is -2.06. The molecular formula is C18H18Br2N2O4. The lowest BCUT2D eigenvalue weighted by Crippen LogP contribution is -2.24. The molecule has 2 aromatic carbocycles. The number of hydrazone groups is 1. The van der Waals surface area contributed by atoms with E-state index in [2.05, 4.69) is 42.4 Å². The number of phenolic OH excluding ortho intramolecular Hbond substituents is 1. The summed E-state index contributed by atoms with van der Waals surface area (Å²) in [5, 5.41) is 13.7. The van der Waals surface area contributed by atoms with Crippen LogP contribution in [-0.2, 0) is 4.79 Å². The van der Waals surface area contributed by atoms with Crippen molar-refractivity contribution in [3.63, 3.8) is 0 Å². The Bertz CT molecular complexity index is 830. The van der Waals surface area contributed by atoms with E-state index in [0.29, 0.717) is 21.5 Å². The summed E-state index contributed by atoms with van der Waals surface area (Å²) in [6, 6.07) is 7.15. The Kier molecular flexibility index (Phi) is 7.05. The van der Waals surface area contributed by atoms with E-state index in [4.69, 9.17) is 9.47 Å². The van der Waals surface area contributed by atoms with Crippen molar-refractivity contribution in [2.24, 2.45) is 5.10 Å². The minimum atomic E-state index is -0.391. The van der Waals surface area contributed by atoms with Gasteiger partial charge in [-0.15, -0.1) is 0 Å². The summed E-state index contributed by atoms with van der Waals surface area (Å²) in [7, 11) is 1.45. The van der Waals surface area contributed by atoms with E-state index in [1.54, 1.807) is 12.1 Å². The number of carbonyl (C=O) groups excluding carboxylic acids is 1. The maximum atomic E-state index is 11.9. The Morgan fingerprint density at radius 3 is 2.62 bits per heavy atom. The fraction of sp³-hybridized carbons (Fsp3) is 0.222. The number of halogens is 2. The first-order chi connectivity index (χ1) is 12.3. The summed E-state index contributed by atoms with van der Waals surface area (Å²) in [5.74, 6) is 0.538. The number of rotatable bonds is 6. The molecular weight excluding hydrogens is 468 g/mol. The molecule has 0 aliphatic heterocycles. The van der Waals surface area contributed by atoms with Gasteiger partial charge in [0.1, 0.15) is 5.75 Å². The highest BCUT2D eigenvalue weighted by molar-refractivity contribution is 9.10. The zero-order valence-corrected chi connectivity index (χ0v) is 17.6. The fourth-order valence-electron chi connectivity index (χ4n) is 2.26. The van der Waals surface area contributed by atoms with Gasteiger partial charge in [0.15, 0.2) is 18.1 Å². The Morgan fingerprint density at radius 1 is 1.23 bits per heavy atom. The molecule has 0 radical (unpaired) electrons. The van der Waals surface area contributed by atoms with Crippen LogP contribution in [0.2, 0.25) is 0 Å². The van der Waals surface area contributed by atoms with Crippen molar-refractivity contribution in [1.29, 1.82) is 0 Å². The topological polar surface area (TPSA) is 80.2 Å². The molecule has 0 heterocycles. The third-order valence-corrected chi connectivity index (χ3v) is 4.59. The summed E-state index contributed by atoms with van der Waals surface area (Å²) < 4.78 is 11.9. The van der Waals surface area contributed by atoms with Crippen LogP contribution in [0.4, 0.5) is 0 Å².